The highest BCUT2D eigenvalue weighted by atomic mass is 16.4. The Hall–Kier alpha value is -3.47. The van der Waals surface area contributed by atoms with Crippen LogP contribution in [-0.2, 0) is 4.79 Å². The Morgan fingerprint density at radius 1 is 1.04 bits per heavy atom. The lowest BCUT2D eigenvalue weighted by molar-refractivity contribution is -0.114. The molecule has 3 aromatic rings. The molecule has 0 atom stereocenters. The zero-order chi connectivity index (χ0) is 17.8. The van der Waals surface area contributed by atoms with Crippen LogP contribution < -0.4 is 5.32 Å². The van der Waals surface area contributed by atoms with Gasteiger partial charge in [-0.3, -0.25) is 4.79 Å². The summed E-state index contributed by atoms with van der Waals surface area (Å²) in [4.78, 5) is 27.0. The highest BCUT2D eigenvalue weighted by Gasteiger charge is 2.10. The molecule has 0 aliphatic carbocycles. The molecule has 5 heteroatoms. The minimum absolute atomic E-state index is 0.121. The molecule has 1 heterocycles. The third-order valence-corrected chi connectivity index (χ3v) is 3.64. The summed E-state index contributed by atoms with van der Waals surface area (Å²) in [6.45, 7) is 1.46. The molecule has 124 valence electrons. The van der Waals surface area contributed by atoms with Crippen LogP contribution in [0.4, 0.5) is 5.69 Å². The largest absolute Gasteiger partial charge is 0.478 e. The Labute approximate surface area is 144 Å². The van der Waals surface area contributed by atoms with Crippen LogP contribution in [0.2, 0.25) is 0 Å². The molecule has 0 aliphatic heterocycles. The predicted octanol–water partition coefficient (Wildman–Crippen LogP) is 4.06. The summed E-state index contributed by atoms with van der Waals surface area (Å²) in [5, 5.41) is 12.7. The molecule has 0 bridgehead atoms. The fourth-order valence-electron chi connectivity index (χ4n) is 2.52. The van der Waals surface area contributed by atoms with E-state index in [9.17, 15) is 14.7 Å². The molecule has 0 radical (unpaired) electrons. The highest BCUT2D eigenvalue weighted by molar-refractivity contribution is 6.03. The maximum absolute atomic E-state index is 11.5. The molecule has 0 fully saturated rings. The van der Waals surface area contributed by atoms with Crippen molar-refractivity contribution in [2.45, 2.75) is 6.92 Å². The van der Waals surface area contributed by atoms with Crippen LogP contribution in [0.15, 0.2) is 54.6 Å². The van der Waals surface area contributed by atoms with Gasteiger partial charge in [0, 0.05) is 18.0 Å². The van der Waals surface area contributed by atoms with Crippen molar-refractivity contribution in [3.05, 3.63) is 71.4 Å². The van der Waals surface area contributed by atoms with E-state index in [1.807, 2.05) is 24.3 Å². The normalized spacial score (nSPS) is 10.9. The summed E-state index contributed by atoms with van der Waals surface area (Å²) < 4.78 is 0. The molecule has 0 saturated heterocycles. The molecule has 25 heavy (non-hydrogen) atoms. The zero-order valence-electron chi connectivity index (χ0n) is 13.6. The first-order valence-electron chi connectivity index (χ1n) is 7.72. The molecule has 0 aliphatic rings. The summed E-state index contributed by atoms with van der Waals surface area (Å²) in [5.41, 5.74) is 3.08. The van der Waals surface area contributed by atoms with E-state index in [-0.39, 0.29) is 11.5 Å². The first-order valence-corrected chi connectivity index (χ1v) is 7.72. The number of para-hydroxylation sites is 1. The second-order valence-corrected chi connectivity index (χ2v) is 5.55. The second kappa shape index (κ2) is 6.97. The molecule has 2 aromatic carbocycles. The van der Waals surface area contributed by atoms with Crippen molar-refractivity contribution in [1.82, 2.24) is 4.98 Å². The fraction of sp³-hybridized carbons (Fsp3) is 0.0500. The molecule has 0 unspecified atom stereocenters. The maximum Gasteiger partial charge on any atom is 0.336 e. The van der Waals surface area contributed by atoms with Gasteiger partial charge in [0.25, 0.3) is 0 Å². The minimum Gasteiger partial charge on any atom is -0.478 e. The van der Waals surface area contributed by atoms with Crippen LogP contribution in [0.25, 0.3) is 23.1 Å². The van der Waals surface area contributed by atoms with E-state index >= 15 is 0 Å². The lowest BCUT2D eigenvalue weighted by Gasteiger charge is -2.04. The van der Waals surface area contributed by atoms with Gasteiger partial charge in [-0.15, -0.1) is 0 Å². The Bertz CT molecular complexity index is 976. The van der Waals surface area contributed by atoms with E-state index in [1.54, 1.807) is 42.5 Å². The monoisotopic (exact) mass is 332 g/mol. The Balaban J connectivity index is 1.90. The summed E-state index contributed by atoms with van der Waals surface area (Å²) in [5.74, 6) is -1.10. The van der Waals surface area contributed by atoms with Crippen LogP contribution in [0.1, 0.15) is 28.5 Å². The summed E-state index contributed by atoms with van der Waals surface area (Å²) in [6, 6.07) is 16.1. The molecule has 1 aromatic heterocycles. The maximum atomic E-state index is 11.5. The number of anilines is 1. The van der Waals surface area contributed by atoms with Crippen LogP contribution in [0.5, 0.6) is 0 Å². The smallest absolute Gasteiger partial charge is 0.336 e. The van der Waals surface area contributed by atoms with Crippen LogP contribution >= 0.6 is 0 Å². The van der Waals surface area contributed by atoms with Crippen molar-refractivity contribution in [1.29, 1.82) is 0 Å². The number of hydrogen-bond donors (Lipinski definition) is 2. The van der Waals surface area contributed by atoms with E-state index in [0.29, 0.717) is 16.6 Å². The Morgan fingerprint density at radius 3 is 2.44 bits per heavy atom. The number of amides is 1. The average Bonchev–Trinajstić information content (AvgIpc) is 2.60. The molecule has 0 saturated carbocycles. The molecule has 1 amide bonds. The third kappa shape index (κ3) is 3.90. The van der Waals surface area contributed by atoms with Crippen LogP contribution in [0.3, 0.4) is 0 Å². The quantitative estimate of drug-likeness (QED) is 0.755. The summed E-state index contributed by atoms with van der Waals surface area (Å²) >= 11 is 0. The summed E-state index contributed by atoms with van der Waals surface area (Å²) in [7, 11) is 0. The second-order valence-electron chi connectivity index (χ2n) is 5.55. The first-order chi connectivity index (χ1) is 12.0. The number of carboxylic acid groups (broad SMARTS) is 1. The average molecular weight is 332 g/mol. The molecule has 5 nitrogen and oxygen atoms in total. The van der Waals surface area contributed by atoms with Crippen LogP contribution in [-0.4, -0.2) is 22.0 Å². The summed E-state index contributed by atoms with van der Waals surface area (Å²) in [6.07, 6.45) is 3.62. The fourth-order valence-corrected chi connectivity index (χ4v) is 2.52. The van der Waals surface area contributed by atoms with E-state index in [2.05, 4.69) is 10.3 Å². The van der Waals surface area contributed by atoms with Crippen molar-refractivity contribution in [3.8, 4) is 0 Å². The number of aromatic carboxylic acids is 1. The van der Waals surface area contributed by atoms with Gasteiger partial charge in [-0.2, -0.15) is 0 Å². The van der Waals surface area contributed by atoms with Crippen molar-refractivity contribution >= 4 is 40.6 Å². The first kappa shape index (κ1) is 16.4. The van der Waals surface area contributed by atoms with Crippen molar-refractivity contribution < 1.29 is 14.7 Å². The van der Waals surface area contributed by atoms with Crippen molar-refractivity contribution in [2.24, 2.45) is 0 Å². The van der Waals surface area contributed by atoms with Gasteiger partial charge in [-0.25, -0.2) is 9.78 Å². The van der Waals surface area contributed by atoms with Crippen molar-refractivity contribution in [3.63, 3.8) is 0 Å². The third-order valence-electron chi connectivity index (χ3n) is 3.64. The number of rotatable bonds is 4. The number of nitrogens with one attached hydrogen (secondary N) is 1. The minimum atomic E-state index is -0.979. The lowest BCUT2D eigenvalue weighted by Crippen LogP contribution is -2.05. The molecule has 2 N–H and O–H groups in total. The number of nitrogens with zero attached hydrogens (tertiary/aromatic N) is 1. The van der Waals surface area contributed by atoms with Gasteiger partial charge in [0.15, 0.2) is 0 Å². The van der Waals surface area contributed by atoms with Gasteiger partial charge in [-0.05, 0) is 35.9 Å². The lowest BCUT2D eigenvalue weighted by atomic mass is 10.1. The SMILES string of the molecule is CC(=O)Nc1ccc(C=Cc2cc(C(=O)O)c3ccccc3n2)cc1. The van der Waals surface area contributed by atoms with Gasteiger partial charge in [0.2, 0.25) is 5.91 Å². The topological polar surface area (TPSA) is 79.3 Å². The molecule has 0 spiro atoms. The number of carbonyl (C=O) groups excluding carboxylic acids is 1. The number of aromatic nitrogens is 1. The number of fused-ring (bicyclic) bond motifs is 1. The van der Waals surface area contributed by atoms with Gasteiger partial charge >= 0.3 is 5.97 Å². The molecular weight excluding hydrogens is 316 g/mol. The molecule has 3 rings (SSSR count). The predicted molar refractivity (Wildman–Crippen MR) is 98.4 cm³/mol. The van der Waals surface area contributed by atoms with Gasteiger partial charge in [0.05, 0.1) is 16.8 Å². The number of benzene rings is 2. The highest BCUT2D eigenvalue weighted by Crippen LogP contribution is 2.20. The zero-order valence-corrected chi connectivity index (χ0v) is 13.6. The van der Waals surface area contributed by atoms with E-state index < -0.39 is 5.97 Å². The molecular formula is C20H16N2O3. The Morgan fingerprint density at radius 2 is 1.76 bits per heavy atom. The number of carbonyl (C=O) groups is 2. The van der Waals surface area contributed by atoms with Crippen molar-refractivity contribution in [2.75, 3.05) is 5.32 Å². The van der Waals surface area contributed by atoms with Gasteiger partial charge < -0.3 is 10.4 Å². The number of carboxylic acids is 1. The Kier molecular flexibility index (Phi) is 4.57. The van der Waals surface area contributed by atoms with E-state index in [0.717, 1.165) is 11.3 Å². The van der Waals surface area contributed by atoms with Gasteiger partial charge in [0.1, 0.15) is 0 Å². The van der Waals surface area contributed by atoms with Gasteiger partial charge in [-0.1, -0.05) is 36.4 Å². The number of pyridine rings is 1. The number of hydrogen-bond acceptors (Lipinski definition) is 3. The van der Waals surface area contributed by atoms with E-state index in [1.165, 1.54) is 6.92 Å². The van der Waals surface area contributed by atoms with Crippen LogP contribution in [0, 0.1) is 0 Å². The standard InChI is InChI=1S/C20H16N2O3/c1-13(23)21-15-9-6-14(7-10-15)8-11-16-12-18(20(24)25)17-4-2-3-5-19(17)22-16/h2-12H,1H3,(H,21,23)(H,24,25). The van der Waals surface area contributed by atoms with E-state index in [4.69, 9.17) is 0 Å².